The summed E-state index contributed by atoms with van der Waals surface area (Å²) in [4.78, 5) is 7.67. The summed E-state index contributed by atoms with van der Waals surface area (Å²) in [6, 6.07) is 5.44. The summed E-state index contributed by atoms with van der Waals surface area (Å²) >= 11 is 5.73. The highest BCUT2D eigenvalue weighted by Gasteiger charge is 2.00. The average molecular weight is 220 g/mol. The van der Waals surface area contributed by atoms with Gasteiger partial charge >= 0.3 is 0 Å². The van der Waals surface area contributed by atoms with Gasteiger partial charge in [0.05, 0.1) is 6.54 Å². The lowest BCUT2D eigenvalue weighted by Gasteiger charge is -2.00. The highest BCUT2D eigenvalue weighted by atomic mass is 35.5. The number of hydrogen-bond donors (Lipinski definition) is 0. The normalized spacial score (nSPS) is 9.87. The zero-order valence-corrected chi connectivity index (χ0v) is 8.39. The van der Waals surface area contributed by atoms with Gasteiger partial charge in [0.2, 0.25) is 0 Å². The molecule has 0 saturated heterocycles. The molecule has 0 unspecified atom stereocenters. The van der Waals surface area contributed by atoms with E-state index < -0.39 is 0 Å². The van der Waals surface area contributed by atoms with Crippen LogP contribution in [0.3, 0.4) is 0 Å². The maximum atomic E-state index is 8.54. The lowest BCUT2D eigenvalue weighted by molar-refractivity contribution is 0.681. The van der Waals surface area contributed by atoms with Crippen molar-refractivity contribution in [1.82, 2.24) is 19.7 Å². The number of halogens is 1. The van der Waals surface area contributed by atoms with E-state index in [0.717, 1.165) is 5.56 Å². The predicted octanol–water partition coefficient (Wildman–Crippen LogP) is 1.25. The second-order valence-electron chi connectivity index (χ2n) is 2.86. The summed E-state index contributed by atoms with van der Waals surface area (Å²) in [5.41, 5.74) is 0.962. The van der Waals surface area contributed by atoms with Crippen LogP contribution in [0, 0.1) is 11.3 Å². The van der Waals surface area contributed by atoms with E-state index in [2.05, 4.69) is 15.1 Å². The van der Waals surface area contributed by atoms with Crippen molar-refractivity contribution in [2.45, 2.75) is 6.54 Å². The van der Waals surface area contributed by atoms with E-state index in [4.69, 9.17) is 16.9 Å². The summed E-state index contributed by atoms with van der Waals surface area (Å²) in [6.45, 7) is 0.525. The van der Waals surface area contributed by atoms with Crippen LogP contribution in [0.15, 0.2) is 24.7 Å². The third-order valence-corrected chi connectivity index (χ3v) is 1.98. The Hall–Kier alpha value is -1.93. The molecular weight excluding hydrogens is 214 g/mol. The van der Waals surface area contributed by atoms with Gasteiger partial charge in [0, 0.05) is 6.20 Å². The molecule has 0 saturated carbocycles. The Morgan fingerprint density at radius 1 is 1.47 bits per heavy atom. The van der Waals surface area contributed by atoms with E-state index in [1.165, 1.54) is 6.33 Å². The van der Waals surface area contributed by atoms with Gasteiger partial charge in [-0.1, -0.05) is 11.6 Å². The number of rotatable bonds is 2. The Kier molecular flexibility index (Phi) is 2.61. The van der Waals surface area contributed by atoms with Gasteiger partial charge in [0.15, 0.2) is 0 Å². The van der Waals surface area contributed by atoms with Crippen molar-refractivity contribution in [3.8, 4) is 6.07 Å². The molecule has 6 heteroatoms. The number of nitriles is 1. The first-order chi connectivity index (χ1) is 7.28. The molecule has 15 heavy (non-hydrogen) atoms. The molecule has 0 aliphatic rings. The molecule has 2 aromatic heterocycles. The number of nitrogens with zero attached hydrogens (tertiary/aromatic N) is 5. The van der Waals surface area contributed by atoms with Crippen molar-refractivity contribution in [1.29, 1.82) is 5.26 Å². The molecule has 0 aliphatic carbocycles. The molecule has 0 spiro atoms. The van der Waals surface area contributed by atoms with E-state index in [0.29, 0.717) is 11.7 Å². The summed E-state index contributed by atoms with van der Waals surface area (Å²) in [7, 11) is 0. The van der Waals surface area contributed by atoms with Crippen LogP contribution in [0.5, 0.6) is 0 Å². The minimum atomic E-state index is 0.162. The third-order valence-electron chi connectivity index (χ3n) is 1.77. The molecule has 0 N–H and O–H groups in total. The molecule has 0 bridgehead atoms. The van der Waals surface area contributed by atoms with Gasteiger partial charge in [-0.25, -0.2) is 14.6 Å². The molecular formula is C9H6ClN5. The van der Waals surface area contributed by atoms with Gasteiger partial charge < -0.3 is 0 Å². The van der Waals surface area contributed by atoms with Crippen LogP contribution < -0.4 is 0 Å². The van der Waals surface area contributed by atoms with Gasteiger partial charge in [-0.15, -0.1) is 5.10 Å². The second-order valence-corrected chi connectivity index (χ2v) is 3.25. The maximum Gasteiger partial charge on any atom is 0.252 e. The highest BCUT2D eigenvalue weighted by molar-refractivity contribution is 6.29. The maximum absolute atomic E-state index is 8.54. The Bertz CT molecular complexity index is 513. The van der Waals surface area contributed by atoms with Crippen molar-refractivity contribution in [3.63, 3.8) is 0 Å². The molecule has 2 aromatic rings. The molecule has 2 rings (SSSR count). The molecule has 2 heterocycles. The summed E-state index contributed by atoms with van der Waals surface area (Å²) < 4.78 is 1.57. The van der Waals surface area contributed by atoms with Crippen LogP contribution in [-0.4, -0.2) is 19.7 Å². The molecule has 5 nitrogen and oxygen atoms in total. The first kappa shape index (κ1) is 9.62. The summed E-state index contributed by atoms with van der Waals surface area (Å²) in [5.74, 6) is 0.162. The van der Waals surface area contributed by atoms with Gasteiger partial charge in [-0.05, 0) is 17.7 Å². The van der Waals surface area contributed by atoms with Crippen LogP contribution in [-0.2, 0) is 6.54 Å². The number of hydrogen-bond acceptors (Lipinski definition) is 4. The van der Waals surface area contributed by atoms with Crippen molar-refractivity contribution < 1.29 is 0 Å². The first-order valence-electron chi connectivity index (χ1n) is 4.18. The van der Waals surface area contributed by atoms with Crippen molar-refractivity contribution in [2.24, 2.45) is 0 Å². The Morgan fingerprint density at radius 3 is 3.00 bits per heavy atom. The average Bonchev–Trinajstić information content (AvgIpc) is 2.65. The van der Waals surface area contributed by atoms with E-state index >= 15 is 0 Å². The van der Waals surface area contributed by atoms with Gasteiger partial charge in [0.1, 0.15) is 17.5 Å². The topological polar surface area (TPSA) is 67.4 Å². The fourth-order valence-electron chi connectivity index (χ4n) is 1.15. The van der Waals surface area contributed by atoms with E-state index in [1.54, 1.807) is 16.9 Å². The fourth-order valence-corrected chi connectivity index (χ4v) is 1.35. The van der Waals surface area contributed by atoms with E-state index in [1.807, 2.05) is 12.1 Å². The largest absolute Gasteiger partial charge is 0.252 e. The van der Waals surface area contributed by atoms with E-state index in [9.17, 15) is 0 Å². The van der Waals surface area contributed by atoms with Crippen LogP contribution in [0.2, 0.25) is 5.15 Å². The minimum Gasteiger partial charge on any atom is -0.247 e. The Morgan fingerprint density at radius 2 is 2.33 bits per heavy atom. The van der Waals surface area contributed by atoms with Crippen molar-refractivity contribution >= 4 is 11.6 Å². The Labute approximate surface area is 91.0 Å². The quantitative estimate of drug-likeness (QED) is 0.713. The van der Waals surface area contributed by atoms with Crippen LogP contribution in [0.1, 0.15) is 11.4 Å². The fraction of sp³-hybridized carbons (Fsp3) is 0.111. The summed E-state index contributed by atoms with van der Waals surface area (Å²) in [6.07, 6.45) is 3.13. The second kappa shape index (κ2) is 4.07. The zero-order chi connectivity index (χ0) is 10.7. The number of pyridine rings is 1. The SMILES string of the molecule is N#Cc1ncn(Cc2ccnc(Cl)c2)n1. The van der Waals surface area contributed by atoms with E-state index in [-0.39, 0.29) is 5.82 Å². The van der Waals surface area contributed by atoms with Crippen LogP contribution in [0.4, 0.5) is 0 Å². The third kappa shape index (κ3) is 2.30. The zero-order valence-electron chi connectivity index (χ0n) is 7.63. The van der Waals surface area contributed by atoms with Gasteiger partial charge in [0.25, 0.3) is 5.82 Å². The Balaban J connectivity index is 2.19. The lowest BCUT2D eigenvalue weighted by Crippen LogP contribution is -2.00. The first-order valence-corrected chi connectivity index (χ1v) is 4.56. The molecule has 74 valence electrons. The van der Waals surface area contributed by atoms with Crippen LogP contribution in [0.25, 0.3) is 0 Å². The summed E-state index contributed by atoms with van der Waals surface area (Å²) in [5, 5.41) is 12.9. The molecule has 0 atom stereocenters. The molecule has 0 radical (unpaired) electrons. The van der Waals surface area contributed by atoms with Gasteiger partial charge in [-0.2, -0.15) is 5.26 Å². The number of aromatic nitrogens is 4. The predicted molar refractivity (Wildman–Crippen MR) is 53.1 cm³/mol. The van der Waals surface area contributed by atoms with Gasteiger partial charge in [-0.3, -0.25) is 0 Å². The monoisotopic (exact) mass is 219 g/mol. The minimum absolute atomic E-state index is 0.162. The van der Waals surface area contributed by atoms with Crippen LogP contribution >= 0.6 is 11.6 Å². The smallest absolute Gasteiger partial charge is 0.247 e. The molecule has 0 aromatic carbocycles. The standard InChI is InChI=1S/C9H6ClN5/c10-8-3-7(1-2-12-8)5-15-6-13-9(4-11)14-15/h1-3,6H,5H2. The van der Waals surface area contributed by atoms with Crippen molar-refractivity contribution in [3.05, 3.63) is 41.2 Å². The highest BCUT2D eigenvalue weighted by Crippen LogP contribution is 2.07. The molecule has 0 amide bonds. The molecule has 0 fully saturated rings. The lowest BCUT2D eigenvalue weighted by atomic mass is 10.3. The van der Waals surface area contributed by atoms with Crippen molar-refractivity contribution in [2.75, 3.05) is 0 Å². The molecule has 0 aliphatic heterocycles.